The van der Waals surface area contributed by atoms with Crippen molar-refractivity contribution in [1.29, 1.82) is 0 Å². The van der Waals surface area contributed by atoms with Gasteiger partial charge in [-0.3, -0.25) is 4.79 Å². The van der Waals surface area contributed by atoms with Gasteiger partial charge in [-0.15, -0.1) is 0 Å². The molecule has 5 nitrogen and oxygen atoms in total. The Morgan fingerprint density at radius 3 is 2.20 bits per heavy atom. The van der Waals surface area contributed by atoms with Crippen molar-refractivity contribution in [2.75, 3.05) is 19.4 Å². The fraction of sp³-hybridized carbons (Fsp3) is 0.500. The number of hydrogen-bond donors (Lipinski definition) is 1. The molecule has 0 aliphatic heterocycles. The normalized spacial score (nSPS) is 11.9. The first-order chi connectivity index (χ1) is 9.23. The summed E-state index contributed by atoms with van der Waals surface area (Å²) in [6.07, 6.45) is 1.30. The molecule has 112 valence electrons. The van der Waals surface area contributed by atoms with Gasteiger partial charge in [0.1, 0.15) is 0 Å². The zero-order valence-electron chi connectivity index (χ0n) is 12.4. The van der Waals surface area contributed by atoms with Gasteiger partial charge in [0, 0.05) is 26.2 Å². The van der Waals surface area contributed by atoms with Crippen LogP contribution < -0.4 is 5.32 Å². The Bertz CT molecular complexity index is 548. The van der Waals surface area contributed by atoms with Crippen LogP contribution in [-0.4, -0.2) is 32.7 Å². The summed E-state index contributed by atoms with van der Waals surface area (Å²) in [6, 6.07) is 6.19. The van der Waals surface area contributed by atoms with Gasteiger partial charge in [-0.05, 0) is 36.6 Å². The van der Waals surface area contributed by atoms with Crippen molar-refractivity contribution in [2.24, 2.45) is 5.92 Å². The number of carbonyl (C=O) groups excluding carboxylic acids is 1. The third kappa shape index (κ3) is 4.61. The van der Waals surface area contributed by atoms with E-state index in [0.717, 1.165) is 10.7 Å². The zero-order chi connectivity index (χ0) is 15.3. The van der Waals surface area contributed by atoms with E-state index in [1.165, 1.54) is 26.2 Å². The number of benzene rings is 1. The van der Waals surface area contributed by atoms with Crippen LogP contribution in [0, 0.1) is 5.92 Å². The summed E-state index contributed by atoms with van der Waals surface area (Å²) < 4.78 is 24.9. The standard InChI is InChI=1S/C14H22N2O3S/c1-11(2)5-10-14(17)15-12-6-8-13(9-7-12)20(18,19)16(3)4/h6-9,11H,5,10H2,1-4H3,(H,15,17). The smallest absolute Gasteiger partial charge is 0.242 e. The van der Waals surface area contributed by atoms with E-state index < -0.39 is 10.0 Å². The van der Waals surface area contributed by atoms with Crippen LogP contribution in [0.3, 0.4) is 0 Å². The van der Waals surface area contributed by atoms with Crippen molar-refractivity contribution >= 4 is 21.6 Å². The highest BCUT2D eigenvalue weighted by atomic mass is 32.2. The van der Waals surface area contributed by atoms with Crippen molar-refractivity contribution in [2.45, 2.75) is 31.6 Å². The Morgan fingerprint density at radius 2 is 1.75 bits per heavy atom. The Kier molecular flexibility index (Phi) is 5.71. The molecule has 1 amide bonds. The van der Waals surface area contributed by atoms with E-state index in [1.54, 1.807) is 12.1 Å². The number of nitrogens with one attached hydrogen (secondary N) is 1. The first-order valence-electron chi connectivity index (χ1n) is 6.56. The van der Waals surface area contributed by atoms with E-state index in [-0.39, 0.29) is 10.8 Å². The summed E-state index contributed by atoms with van der Waals surface area (Å²) in [7, 11) is -0.457. The number of sulfonamides is 1. The Hall–Kier alpha value is -1.40. The highest BCUT2D eigenvalue weighted by molar-refractivity contribution is 7.89. The fourth-order valence-electron chi connectivity index (χ4n) is 1.56. The average Bonchev–Trinajstić information content (AvgIpc) is 2.37. The molecular formula is C14H22N2O3S. The number of amides is 1. The summed E-state index contributed by atoms with van der Waals surface area (Å²) in [5.74, 6) is 0.426. The van der Waals surface area contributed by atoms with Crippen LogP contribution in [0.5, 0.6) is 0 Å². The molecule has 1 aromatic rings. The molecule has 1 aromatic carbocycles. The Balaban J connectivity index is 2.71. The average molecular weight is 298 g/mol. The Morgan fingerprint density at radius 1 is 1.20 bits per heavy atom. The minimum absolute atomic E-state index is 0.0538. The SMILES string of the molecule is CC(C)CCC(=O)Nc1ccc(S(=O)(=O)N(C)C)cc1. The molecule has 0 atom stereocenters. The van der Waals surface area contributed by atoms with E-state index >= 15 is 0 Å². The summed E-state index contributed by atoms with van der Waals surface area (Å²) in [4.78, 5) is 11.9. The topological polar surface area (TPSA) is 66.5 Å². The number of hydrogen-bond acceptors (Lipinski definition) is 3. The molecule has 0 unspecified atom stereocenters. The van der Waals surface area contributed by atoms with Crippen molar-refractivity contribution in [1.82, 2.24) is 4.31 Å². The Labute approximate surface area is 121 Å². The molecule has 0 saturated carbocycles. The quantitative estimate of drug-likeness (QED) is 0.876. The second kappa shape index (κ2) is 6.85. The van der Waals surface area contributed by atoms with Gasteiger partial charge in [0.2, 0.25) is 15.9 Å². The molecule has 1 N–H and O–H groups in total. The van der Waals surface area contributed by atoms with Gasteiger partial charge < -0.3 is 5.32 Å². The number of nitrogens with zero attached hydrogens (tertiary/aromatic N) is 1. The fourth-order valence-corrected chi connectivity index (χ4v) is 2.47. The third-order valence-corrected chi connectivity index (χ3v) is 4.69. The molecular weight excluding hydrogens is 276 g/mol. The van der Waals surface area contributed by atoms with Crippen LogP contribution >= 0.6 is 0 Å². The van der Waals surface area contributed by atoms with E-state index in [9.17, 15) is 13.2 Å². The predicted molar refractivity (Wildman–Crippen MR) is 80.0 cm³/mol. The van der Waals surface area contributed by atoms with Gasteiger partial charge in [-0.25, -0.2) is 12.7 Å². The second-order valence-electron chi connectivity index (χ2n) is 5.29. The lowest BCUT2D eigenvalue weighted by molar-refractivity contribution is -0.116. The molecule has 20 heavy (non-hydrogen) atoms. The molecule has 0 radical (unpaired) electrons. The molecule has 0 bridgehead atoms. The van der Waals surface area contributed by atoms with E-state index in [1.807, 2.05) is 0 Å². The largest absolute Gasteiger partial charge is 0.326 e. The summed E-state index contributed by atoms with van der Waals surface area (Å²) in [6.45, 7) is 4.13. The molecule has 0 saturated heterocycles. The van der Waals surface area contributed by atoms with E-state index in [0.29, 0.717) is 18.0 Å². The van der Waals surface area contributed by atoms with Crippen molar-refractivity contribution < 1.29 is 13.2 Å². The van der Waals surface area contributed by atoms with E-state index in [2.05, 4.69) is 19.2 Å². The summed E-state index contributed by atoms with van der Waals surface area (Å²) in [5, 5.41) is 2.76. The van der Waals surface area contributed by atoms with Crippen LogP contribution in [-0.2, 0) is 14.8 Å². The molecule has 6 heteroatoms. The van der Waals surface area contributed by atoms with Crippen LogP contribution in [0.1, 0.15) is 26.7 Å². The van der Waals surface area contributed by atoms with Gasteiger partial charge in [-0.2, -0.15) is 0 Å². The maximum atomic E-state index is 11.9. The van der Waals surface area contributed by atoms with E-state index in [4.69, 9.17) is 0 Å². The molecule has 0 fully saturated rings. The molecule has 0 aliphatic carbocycles. The molecule has 0 aliphatic rings. The summed E-state index contributed by atoms with van der Waals surface area (Å²) >= 11 is 0. The van der Waals surface area contributed by atoms with Gasteiger partial charge in [0.05, 0.1) is 4.90 Å². The van der Waals surface area contributed by atoms with Crippen molar-refractivity contribution in [3.05, 3.63) is 24.3 Å². The number of carbonyl (C=O) groups is 1. The predicted octanol–water partition coefficient (Wildman–Crippen LogP) is 2.31. The highest BCUT2D eigenvalue weighted by Crippen LogP contribution is 2.17. The van der Waals surface area contributed by atoms with Crippen LogP contribution in [0.15, 0.2) is 29.2 Å². The maximum absolute atomic E-state index is 11.9. The van der Waals surface area contributed by atoms with Crippen molar-refractivity contribution in [3.8, 4) is 0 Å². The first-order valence-corrected chi connectivity index (χ1v) is 8.00. The minimum Gasteiger partial charge on any atom is -0.326 e. The van der Waals surface area contributed by atoms with Gasteiger partial charge in [0.25, 0.3) is 0 Å². The second-order valence-corrected chi connectivity index (χ2v) is 7.44. The monoisotopic (exact) mass is 298 g/mol. The molecule has 1 rings (SSSR count). The number of anilines is 1. The highest BCUT2D eigenvalue weighted by Gasteiger charge is 2.16. The number of rotatable bonds is 6. The van der Waals surface area contributed by atoms with Crippen LogP contribution in [0.4, 0.5) is 5.69 Å². The lowest BCUT2D eigenvalue weighted by Crippen LogP contribution is -2.22. The first kappa shape index (κ1) is 16.7. The zero-order valence-corrected chi connectivity index (χ0v) is 13.2. The van der Waals surface area contributed by atoms with Crippen molar-refractivity contribution in [3.63, 3.8) is 0 Å². The minimum atomic E-state index is -3.42. The molecule has 0 heterocycles. The van der Waals surface area contributed by atoms with Crippen LogP contribution in [0.25, 0.3) is 0 Å². The van der Waals surface area contributed by atoms with Gasteiger partial charge in [-0.1, -0.05) is 13.8 Å². The van der Waals surface area contributed by atoms with Gasteiger partial charge >= 0.3 is 0 Å². The third-order valence-electron chi connectivity index (χ3n) is 2.87. The van der Waals surface area contributed by atoms with Crippen LogP contribution in [0.2, 0.25) is 0 Å². The molecule has 0 spiro atoms. The van der Waals surface area contributed by atoms with Gasteiger partial charge in [0.15, 0.2) is 0 Å². The lowest BCUT2D eigenvalue weighted by Gasteiger charge is -2.12. The molecule has 0 aromatic heterocycles. The summed E-state index contributed by atoms with van der Waals surface area (Å²) in [5.41, 5.74) is 0.608. The lowest BCUT2D eigenvalue weighted by atomic mass is 10.1. The maximum Gasteiger partial charge on any atom is 0.242 e.